The molecule has 0 bridgehead atoms. The lowest BCUT2D eigenvalue weighted by molar-refractivity contribution is -0.136. The summed E-state index contributed by atoms with van der Waals surface area (Å²) in [6.07, 6.45) is 5.44. The Kier molecular flexibility index (Phi) is 4.48. The fraction of sp³-hybridized carbons (Fsp3) is 0.182. The quantitative estimate of drug-likeness (QED) is 0.505. The van der Waals surface area contributed by atoms with Gasteiger partial charge in [-0.3, -0.25) is 19.9 Å². The zero-order valence-electron chi connectivity index (χ0n) is 11.1. The van der Waals surface area contributed by atoms with Crippen molar-refractivity contribution in [2.24, 2.45) is 20.0 Å². The van der Waals surface area contributed by atoms with E-state index in [0.717, 1.165) is 0 Å². The van der Waals surface area contributed by atoms with Crippen LogP contribution in [-0.2, 0) is 4.79 Å². The maximum absolute atomic E-state index is 10.4. The molecule has 0 saturated heterocycles. The second-order valence-corrected chi connectivity index (χ2v) is 4.03. The largest absolute Gasteiger partial charge is 0.480 e. The summed E-state index contributed by atoms with van der Waals surface area (Å²) in [6.45, 7) is -0.224. The van der Waals surface area contributed by atoms with E-state index in [-0.39, 0.29) is 12.1 Å². The van der Waals surface area contributed by atoms with Gasteiger partial charge in [-0.05, 0) is 0 Å². The molecule has 0 aliphatic carbocycles. The first-order valence-corrected chi connectivity index (χ1v) is 5.95. The molecule has 1 aromatic rings. The van der Waals surface area contributed by atoms with Crippen molar-refractivity contribution in [1.29, 1.82) is 0 Å². The lowest BCUT2D eigenvalue weighted by Crippen LogP contribution is -2.52. The molecule has 114 valence electrons. The SMILES string of the molecule is O=C(O)CNC12C=NC=NC1=NC=N2.O=c1cc[nH]c(=O)[nH]1. The fourth-order valence-corrected chi connectivity index (χ4v) is 1.55. The van der Waals surface area contributed by atoms with Crippen LogP contribution in [0.5, 0.6) is 0 Å². The van der Waals surface area contributed by atoms with Gasteiger partial charge < -0.3 is 10.1 Å². The fourth-order valence-electron chi connectivity index (χ4n) is 1.55. The van der Waals surface area contributed by atoms with E-state index in [1.807, 2.05) is 4.98 Å². The van der Waals surface area contributed by atoms with Gasteiger partial charge in [0.05, 0.1) is 12.8 Å². The Morgan fingerprint density at radius 1 is 1.36 bits per heavy atom. The Hall–Kier alpha value is -3.21. The van der Waals surface area contributed by atoms with Crippen LogP contribution in [0.3, 0.4) is 0 Å². The number of nitrogens with one attached hydrogen (secondary N) is 3. The van der Waals surface area contributed by atoms with Crippen molar-refractivity contribution in [1.82, 2.24) is 15.3 Å². The lowest BCUT2D eigenvalue weighted by atomic mass is 10.1. The number of carboxylic acids is 1. The van der Waals surface area contributed by atoms with E-state index in [4.69, 9.17) is 5.11 Å². The number of hydrogen-bond acceptors (Lipinski definition) is 8. The summed E-state index contributed by atoms with van der Waals surface area (Å²) in [4.78, 5) is 50.6. The van der Waals surface area contributed by atoms with Gasteiger partial charge in [0.15, 0.2) is 5.84 Å². The summed E-state index contributed by atoms with van der Waals surface area (Å²) in [5.41, 5.74) is -1.83. The Labute approximate surface area is 122 Å². The minimum Gasteiger partial charge on any atom is -0.480 e. The van der Waals surface area contributed by atoms with Crippen molar-refractivity contribution >= 4 is 30.7 Å². The highest BCUT2D eigenvalue weighted by atomic mass is 16.4. The molecule has 0 fully saturated rings. The molecule has 22 heavy (non-hydrogen) atoms. The van der Waals surface area contributed by atoms with E-state index in [1.54, 1.807) is 0 Å². The normalized spacial score (nSPS) is 20.8. The number of H-pyrrole nitrogens is 2. The summed E-state index contributed by atoms with van der Waals surface area (Å²) in [5.74, 6) is -0.558. The maximum Gasteiger partial charge on any atom is 0.325 e. The van der Waals surface area contributed by atoms with E-state index in [1.165, 1.54) is 31.2 Å². The first-order chi connectivity index (χ1) is 10.5. The van der Waals surface area contributed by atoms with Crippen LogP contribution < -0.4 is 16.6 Å². The molecular weight excluding hydrogens is 294 g/mol. The molecule has 0 spiro atoms. The number of aromatic amines is 2. The number of fused-ring (bicyclic) bond motifs is 1. The van der Waals surface area contributed by atoms with Crippen molar-refractivity contribution < 1.29 is 9.90 Å². The van der Waals surface area contributed by atoms with Gasteiger partial charge in [-0.2, -0.15) is 0 Å². The number of aromatic nitrogens is 2. The monoisotopic (exact) mass is 305 g/mol. The summed E-state index contributed by atoms with van der Waals surface area (Å²) in [7, 11) is 0. The molecule has 1 aromatic heterocycles. The van der Waals surface area contributed by atoms with Crippen LogP contribution in [0.1, 0.15) is 0 Å². The lowest BCUT2D eigenvalue weighted by Gasteiger charge is -2.23. The van der Waals surface area contributed by atoms with Crippen LogP contribution in [0.15, 0.2) is 41.8 Å². The van der Waals surface area contributed by atoms with Crippen LogP contribution in [0.2, 0.25) is 0 Å². The second-order valence-electron chi connectivity index (χ2n) is 4.03. The van der Waals surface area contributed by atoms with E-state index in [9.17, 15) is 14.4 Å². The topological polar surface area (TPSA) is 164 Å². The van der Waals surface area contributed by atoms with Gasteiger partial charge >= 0.3 is 11.7 Å². The Bertz CT molecular complexity index is 763. The number of hydrogen-bond donors (Lipinski definition) is 4. The number of rotatable bonds is 3. The molecule has 0 saturated carbocycles. The number of carboxylic acid groups (broad SMARTS) is 1. The number of aliphatic imine (C=N–C) groups is 4. The predicted molar refractivity (Wildman–Crippen MR) is 79.0 cm³/mol. The predicted octanol–water partition coefficient (Wildman–Crippen LogP) is -2.03. The third kappa shape index (κ3) is 3.67. The minimum absolute atomic E-state index is 0.224. The molecule has 3 heterocycles. The van der Waals surface area contributed by atoms with Gasteiger partial charge in [-0.15, -0.1) is 0 Å². The van der Waals surface area contributed by atoms with Crippen LogP contribution in [0.4, 0.5) is 0 Å². The third-order valence-electron chi connectivity index (χ3n) is 2.49. The zero-order chi connectivity index (χ0) is 16.0. The Balaban J connectivity index is 0.000000188. The Morgan fingerprint density at radius 3 is 2.82 bits per heavy atom. The molecule has 0 amide bonds. The average Bonchev–Trinajstić information content (AvgIpc) is 2.90. The number of aliphatic carboxylic acids is 1. The van der Waals surface area contributed by atoms with Crippen LogP contribution in [-0.4, -0.2) is 58.0 Å². The molecule has 3 rings (SSSR count). The van der Waals surface area contributed by atoms with E-state index in [0.29, 0.717) is 5.84 Å². The van der Waals surface area contributed by atoms with E-state index >= 15 is 0 Å². The van der Waals surface area contributed by atoms with Crippen LogP contribution >= 0.6 is 0 Å². The zero-order valence-corrected chi connectivity index (χ0v) is 11.1. The summed E-state index contributed by atoms with van der Waals surface area (Å²) < 4.78 is 0. The number of amidine groups is 1. The first-order valence-electron chi connectivity index (χ1n) is 5.95. The molecule has 4 N–H and O–H groups in total. The van der Waals surface area contributed by atoms with E-state index in [2.05, 4.69) is 30.3 Å². The molecular formula is C11H11N7O4. The molecule has 1 unspecified atom stereocenters. The number of carbonyl (C=O) groups is 1. The molecule has 11 heteroatoms. The molecule has 0 aromatic carbocycles. The summed E-state index contributed by atoms with van der Waals surface area (Å²) in [6, 6.07) is 1.24. The van der Waals surface area contributed by atoms with Crippen molar-refractivity contribution in [2.45, 2.75) is 5.66 Å². The van der Waals surface area contributed by atoms with Crippen molar-refractivity contribution in [2.75, 3.05) is 6.54 Å². The highest BCUT2D eigenvalue weighted by Gasteiger charge is 2.37. The van der Waals surface area contributed by atoms with Gasteiger partial charge in [0.25, 0.3) is 5.56 Å². The third-order valence-corrected chi connectivity index (χ3v) is 2.49. The van der Waals surface area contributed by atoms with Gasteiger partial charge in [0.1, 0.15) is 12.7 Å². The molecule has 1 atom stereocenters. The standard InChI is InChI=1S/C7H7N5O2.C4H4N2O2/c13-5(14)1-11-7-2-8-3-9-6(7)10-4-12-7;7-3-1-2-5-4(8)6-3/h2-4,11H,1H2,(H,13,14);1-2H,(H2,5,6,7,8). The van der Waals surface area contributed by atoms with Gasteiger partial charge in [0, 0.05) is 12.3 Å². The molecule has 2 aliphatic heterocycles. The highest BCUT2D eigenvalue weighted by Crippen LogP contribution is 2.15. The van der Waals surface area contributed by atoms with E-state index < -0.39 is 17.3 Å². The molecule has 2 aliphatic rings. The second kappa shape index (κ2) is 6.49. The average molecular weight is 305 g/mol. The summed E-state index contributed by atoms with van der Waals surface area (Å²) in [5, 5.41) is 11.2. The van der Waals surface area contributed by atoms with Crippen molar-refractivity contribution in [3.63, 3.8) is 0 Å². The Morgan fingerprint density at radius 2 is 2.18 bits per heavy atom. The van der Waals surface area contributed by atoms with Crippen molar-refractivity contribution in [3.8, 4) is 0 Å². The summed E-state index contributed by atoms with van der Waals surface area (Å²) >= 11 is 0. The maximum atomic E-state index is 10.4. The number of nitrogens with zero attached hydrogens (tertiary/aromatic N) is 4. The smallest absolute Gasteiger partial charge is 0.325 e. The van der Waals surface area contributed by atoms with Crippen LogP contribution in [0.25, 0.3) is 0 Å². The van der Waals surface area contributed by atoms with Crippen molar-refractivity contribution in [3.05, 3.63) is 33.1 Å². The van der Waals surface area contributed by atoms with Crippen LogP contribution in [0, 0.1) is 0 Å². The van der Waals surface area contributed by atoms with Gasteiger partial charge in [0.2, 0.25) is 5.66 Å². The van der Waals surface area contributed by atoms with Gasteiger partial charge in [-0.25, -0.2) is 24.8 Å². The highest BCUT2D eigenvalue weighted by molar-refractivity contribution is 6.17. The van der Waals surface area contributed by atoms with Gasteiger partial charge in [-0.1, -0.05) is 0 Å². The molecule has 11 nitrogen and oxygen atoms in total. The molecule has 0 radical (unpaired) electrons. The first kappa shape index (κ1) is 15.2. The minimum atomic E-state index is -0.979.